The molecule has 2 aromatic carbocycles. The van der Waals surface area contributed by atoms with E-state index >= 15 is 0 Å². The molecule has 3 rings (SSSR count). The number of non-ortho nitro benzene ring substituents is 1. The summed E-state index contributed by atoms with van der Waals surface area (Å²) in [5.41, 5.74) is 1.11. The van der Waals surface area contributed by atoms with Crippen molar-refractivity contribution >= 4 is 63.2 Å². The molecular weight excluding hydrogens is 555 g/mol. The molecular formula is C20H15IN2O8S. The van der Waals surface area contributed by atoms with Crippen LogP contribution in [-0.4, -0.2) is 45.7 Å². The summed E-state index contributed by atoms with van der Waals surface area (Å²) < 4.78 is 11.9. The number of carboxylic acids is 1. The fraction of sp³-hybridized carbons (Fsp3) is 0.150. The lowest BCUT2D eigenvalue weighted by atomic mass is 10.1. The summed E-state index contributed by atoms with van der Waals surface area (Å²) in [7, 11) is 1.44. The highest BCUT2D eigenvalue weighted by molar-refractivity contribution is 14.1. The van der Waals surface area contributed by atoms with Gasteiger partial charge in [-0.1, -0.05) is 12.1 Å². The molecule has 1 aliphatic heterocycles. The summed E-state index contributed by atoms with van der Waals surface area (Å²) in [6.07, 6.45) is 1.47. The van der Waals surface area contributed by atoms with E-state index in [2.05, 4.69) is 0 Å². The van der Waals surface area contributed by atoms with Crippen LogP contribution >= 0.6 is 34.4 Å². The summed E-state index contributed by atoms with van der Waals surface area (Å²) >= 11 is 2.68. The van der Waals surface area contributed by atoms with Crippen LogP contribution in [0.25, 0.3) is 6.08 Å². The van der Waals surface area contributed by atoms with Crippen LogP contribution in [-0.2, 0) is 16.2 Å². The van der Waals surface area contributed by atoms with Crippen LogP contribution in [0, 0.1) is 13.7 Å². The Labute approximate surface area is 199 Å². The molecule has 0 saturated carbocycles. The zero-order valence-corrected chi connectivity index (χ0v) is 19.4. The Morgan fingerprint density at radius 2 is 2.06 bits per heavy atom. The van der Waals surface area contributed by atoms with E-state index in [1.165, 1.54) is 25.3 Å². The lowest BCUT2D eigenvalue weighted by Gasteiger charge is -2.14. The number of carbonyl (C=O) groups is 3. The summed E-state index contributed by atoms with van der Waals surface area (Å²) in [4.78, 5) is 46.3. The number of aliphatic carboxylic acids is 1. The normalized spacial score (nSPS) is 14.7. The van der Waals surface area contributed by atoms with Crippen molar-refractivity contribution in [3.63, 3.8) is 0 Å². The number of nitro benzene ring substituents is 1. The van der Waals surface area contributed by atoms with Gasteiger partial charge in [0.2, 0.25) is 0 Å². The average Bonchev–Trinajstić information content (AvgIpc) is 2.99. The molecule has 0 aliphatic carbocycles. The molecule has 0 bridgehead atoms. The fourth-order valence-electron chi connectivity index (χ4n) is 2.80. The van der Waals surface area contributed by atoms with Gasteiger partial charge in [-0.2, -0.15) is 0 Å². The van der Waals surface area contributed by atoms with Gasteiger partial charge in [-0.15, -0.1) is 0 Å². The maximum atomic E-state index is 12.3. The zero-order valence-electron chi connectivity index (χ0n) is 16.4. The number of benzene rings is 2. The van der Waals surface area contributed by atoms with E-state index < -0.39 is 28.6 Å². The minimum Gasteiger partial charge on any atom is -0.493 e. The van der Waals surface area contributed by atoms with Crippen molar-refractivity contribution in [3.05, 3.63) is 66.1 Å². The quantitative estimate of drug-likeness (QED) is 0.217. The predicted molar refractivity (Wildman–Crippen MR) is 123 cm³/mol. The van der Waals surface area contributed by atoms with Gasteiger partial charge >= 0.3 is 5.97 Å². The number of hydrogen-bond donors (Lipinski definition) is 1. The minimum atomic E-state index is -1.28. The smallest absolute Gasteiger partial charge is 0.323 e. The predicted octanol–water partition coefficient (Wildman–Crippen LogP) is 3.91. The maximum Gasteiger partial charge on any atom is 0.323 e. The van der Waals surface area contributed by atoms with Crippen molar-refractivity contribution in [2.75, 3.05) is 13.7 Å². The van der Waals surface area contributed by atoms with Crippen molar-refractivity contribution in [1.29, 1.82) is 0 Å². The van der Waals surface area contributed by atoms with Gasteiger partial charge in [0.05, 0.1) is 20.5 Å². The topological polar surface area (TPSA) is 136 Å². The first kappa shape index (κ1) is 23.5. The molecule has 0 spiro atoms. The maximum absolute atomic E-state index is 12.3. The number of nitrogens with zero attached hydrogens (tertiary/aromatic N) is 2. The SMILES string of the molecule is COc1cc(/C=C2/SC(=O)N(CC(=O)O)C2=O)cc(I)c1OCc1cccc([N+](=O)[O-])c1. The first-order chi connectivity index (χ1) is 15.2. The molecule has 32 heavy (non-hydrogen) atoms. The lowest BCUT2D eigenvalue weighted by Crippen LogP contribution is -2.33. The van der Waals surface area contributed by atoms with E-state index in [4.69, 9.17) is 14.6 Å². The molecule has 0 radical (unpaired) electrons. The van der Waals surface area contributed by atoms with Crippen LogP contribution in [0.5, 0.6) is 11.5 Å². The Kier molecular flexibility index (Phi) is 7.35. The van der Waals surface area contributed by atoms with Gasteiger partial charge in [0.15, 0.2) is 11.5 Å². The monoisotopic (exact) mass is 570 g/mol. The number of imide groups is 1. The highest BCUT2D eigenvalue weighted by Gasteiger charge is 2.36. The minimum absolute atomic E-state index is 0.0417. The number of nitro groups is 1. The van der Waals surface area contributed by atoms with Crippen molar-refractivity contribution in [3.8, 4) is 11.5 Å². The first-order valence-corrected chi connectivity index (χ1v) is 10.8. The van der Waals surface area contributed by atoms with Crippen LogP contribution in [0.2, 0.25) is 0 Å². The molecule has 166 valence electrons. The third kappa shape index (κ3) is 5.37. The Balaban J connectivity index is 1.82. The fourth-order valence-corrected chi connectivity index (χ4v) is 4.42. The second kappa shape index (κ2) is 9.99. The Hall–Kier alpha value is -3.13. The zero-order chi connectivity index (χ0) is 23.4. The van der Waals surface area contributed by atoms with Gasteiger partial charge in [0.25, 0.3) is 16.8 Å². The molecule has 1 fully saturated rings. The summed E-state index contributed by atoms with van der Waals surface area (Å²) in [6, 6.07) is 9.39. The van der Waals surface area contributed by atoms with Crippen LogP contribution in [0.1, 0.15) is 11.1 Å². The second-order valence-electron chi connectivity index (χ2n) is 6.41. The molecule has 1 N–H and O–H groups in total. The van der Waals surface area contributed by atoms with Crippen LogP contribution < -0.4 is 9.47 Å². The molecule has 0 aromatic heterocycles. The lowest BCUT2D eigenvalue weighted by molar-refractivity contribution is -0.384. The molecule has 2 amide bonds. The van der Waals surface area contributed by atoms with Crippen LogP contribution in [0.4, 0.5) is 10.5 Å². The number of halogens is 1. The van der Waals surface area contributed by atoms with Gasteiger partial charge in [0, 0.05) is 12.1 Å². The summed E-state index contributed by atoms with van der Waals surface area (Å²) in [5.74, 6) is -1.19. The number of carbonyl (C=O) groups excluding carboxylic acids is 2. The van der Waals surface area contributed by atoms with Crippen molar-refractivity contribution in [2.24, 2.45) is 0 Å². The largest absolute Gasteiger partial charge is 0.493 e. The van der Waals surface area contributed by atoms with E-state index in [1.807, 2.05) is 22.6 Å². The number of hydrogen-bond acceptors (Lipinski definition) is 8. The van der Waals surface area contributed by atoms with Crippen LogP contribution in [0.15, 0.2) is 41.3 Å². The highest BCUT2D eigenvalue weighted by atomic mass is 127. The van der Waals surface area contributed by atoms with Gasteiger partial charge in [-0.3, -0.25) is 29.4 Å². The molecule has 1 heterocycles. The van der Waals surface area contributed by atoms with E-state index in [-0.39, 0.29) is 17.2 Å². The van der Waals surface area contributed by atoms with Crippen LogP contribution in [0.3, 0.4) is 0 Å². The van der Waals surface area contributed by atoms with Crippen molar-refractivity contribution in [1.82, 2.24) is 4.90 Å². The summed E-state index contributed by atoms with van der Waals surface area (Å²) in [6.45, 7) is -0.630. The van der Waals surface area contributed by atoms with Gasteiger partial charge < -0.3 is 14.6 Å². The number of methoxy groups -OCH3 is 1. The highest BCUT2D eigenvalue weighted by Crippen LogP contribution is 2.37. The van der Waals surface area contributed by atoms with Crippen molar-refractivity contribution < 1.29 is 33.9 Å². The molecule has 0 unspecified atom stereocenters. The standard InChI is InChI=1S/C20H15IN2O8S/c1-30-15-7-12(8-16-19(26)22(9-17(24)25)20(27)32-16)6-14(21)18(15)31-10-11-3-2-4-13(5-11)23(28)29/h2-8H,9-10H2,1H3,(H,24,25)/b16-8+. The number of carboxylic acid groups (broad SMARTS) is 1. The second-order valence-corrected chi connectivity index (χ2v) is 8.57. The number of thioether (sulfide) groups is 1. The van der Waals surface area contributed by atoms with E-state index in [0.29, 0.717) is 42.9 Å². The number of amides is 2. The third-order valence-electron chi connectivity index (χ3n) is 4.22. The van der Waals surface area contributed by atoms with Crippen molar-refractivity contribution in [2.45, 2.75) is 6.61 Å². The molecule has 1 aliphatic rings. The van der Waals surface area contributed by atoms with Gasteiger partial charge in [-0.25, -0.2) is 0 Å². The molecule has 1 saturated heterocycles. The molecule has 2 aromatic rings. The molecule has 10 nitrogen and oxygen atoms in total. The van der Waals surface area contributed by atoms with E-state index in [0.717, 1.165) is 0 Å². The third-order valence-corrected chi connectivity index (χ3v) is 5.93. The Morgan fingerprint density at radius 3 is 2.72 bits per heavy atom. The van der Waals surface area contributed by atoms with E-state index in [9.17, 15) is 24.5 Å². The number of ether oxygens (including phenoxy) is 2. The average molecular weight is 570 g/mol. The summed E-state index contributed by atoms with van der Waals surface area (Å²) in [5, 5.41) is 19.1. The first-order valence-electron chi connectivity index (χ1n) is 8.90. The molecule has 12 heteroatoms. The van der Waals surface area contributed by atoms with E-state index in [1.54, 1.807) is 24.3 Å². The number of rotatable bonds is 8. The molecule has 0 atom stereocenters. The van der Waals surface area contributed by atoms with Gasteiger partial charge in [-0.05, 0) is 63.7 Å². The van der Waals surface area contributed by atoms with Gasteiger partial charge in [0.1, 0.15) is 13.2 Å². The Morgan fingerprint density at radius 1 is 1.31 bits per heavy atom. The Bertz CT molecular complexity index is 1150.